The van der Waals surface area contributed by atoms with Crippen molar-refractivity contribution in [2.24, 2.45) is 0 Å². The zero-order chi connectivity index (χ0) is 15.6. The molecule has 116 valence electrons. The summed E-state index contributed by atoms with van der Waals surface area (Å²) in [5, 5.41) is 12.3. The molecule has 0 spiro atoms. The largest absolute Gasteiger partial charge is 0.504 e. The molecule has 1 aromatic carbocycles. The van der Waals surface area contributed by atoms with Gasteiger partial charge in [-0.2, -0.15) is 13.2 Å². The van der Waals surface area contributed by atoms with Crippen LogP contribution in [0.4, 0.5) is 17.6 Å². The van der Waals surface area contributed by atoms with E-state index in [1.165, 1.54) is 6.07 Å². The van der Waals surface area contributed by atoms with Gasteiger partial charge in [0.2, 0.25) is 0 Å². The maximum absolute atomic E-state index is 13.8. The van der Waals surface area contributed by atoms with Gasteiger partial charge in [0.1, 0.15) is 6.17 Å². The fourth-order valence-electron chi connectivity index (χ4n) is 2.20. The first-order valence-corrected chi connectivity index (χ1v) is 6.25. The van der Waals surface area contributed by atoms with Crippen molar-refractivity contribution in [1.29, 1.82) is 0 Å². The van der Waals surface area contributed by atoms with E-state index in [0.717, 1.165) is 12.1 Å². The molecule has 0 aromatic heterocycles. The summed E-state index contributed by atoms with van der Waals surface area (Å²) in [6.45, 7) is 0.715. The molecular formula is C13H13F4NO3. The molecule has 2 N–H and O–H groups in total. The second kappa shape index (κ2) is 5.88. The molecule has 1 aromatic rings. The van der Waals surface area contributed by atoms with E-state index in [-0.39, 0.29) is 6.54 Å². The summed E-state index contributed by atoms with van der Waals surface area (Å²) >= 11 is 0. The molecule has 8 heteroatoms. The lowest BCUT2D eigenvalue weighted by atomic mass is 9.88. The molecule has 0 saturated carbocycles. The van der Waals surface area contributed by atoms with Crippen LogP contribution in [0.25, 0.3) is 0 Å². The molecule has 1 aliphatic rings. The lowest BCUT2D eigenvalue weighted by Gasteiger charge is -2.27. The van der Waals surface area contributed by atoms with Crippen LogP contribution < -0.4 is 10.1 Å². The average molecular weight is 307 g/mol. The number of ether oxygens (including phenoxy) is 1. The smallest absolute Gasteiger partial charge is 0.491 e. The molecule has 2 rings (SSSR count). The molecule has 21 heavy (non-hydrogen) atoms. The zero-order valence-electron chi connectivity index (χ0n) is 10.8. The van der Waals surface area contributed by atoms with Gasteiger partial charge < -0.3 is 15.2 Å². The normalized spacial score (nSPS) is 22.9. The van der Waals surface area contributed by atoms with Crippen molar-refractivity contribution in [3.8, 4) is 11.5 Å². The van der Waals surface area contributed by atoms with Crippen LogP contribution in [0.3, 0.4) is 0 Å². The summed E-state index contributed by atoms with van der Waals surface area (Å²) < 4.78 is 54.4. The molecule has 1 heterocycles. The molecule has 0 bridgehead atoms. The summed E-state index contributed by atoms with van der Waals surface area (Å²) in [5.74, 6) is -4.19. The number of phenolic OH excluding ortho intramolecular Hbond substituents is 1. The van der Waals surface area contributed by atoms with Gasteiger partial charge in [0, 0.05) is 12.5 Å². The van der Waals surface area contributed by atoms with Crippen molar-refractivity contribution < 1.29 is 32.2 Å². The SMILES string of the molecule is O=C(Oc1cc([C@H]2CCNC[C@@H]2F)ccc1O)C(F)(F)F. The van der Waals surface area contributed by atoms with Gasteiger partial charge >= 0.3 is 12.1 Å². The summed E-state index contributed by atoms with van der Waals surface area (Å²) in [4.78, 5) is 10.8. The second-order valence-electron chi connectivity index (χ2n) is 4.73. The first-order valence-electron chi connectivity index (χ1n) is 6.25. The molecule has 0 radical (unpaired) electrons. The van der Waals surface area contributed by atoms with Crippen molar-refractivity contribution in [2.45, 2.75) is 24.7 Å². The van der Waals surface area contributed by atoms with Crippen molar-refractivity contribution in [1.82, 2.24) is 5.32 Å². The Morgan fingerprint density at radius 2 is 2.10 bits per heavy atom. The quantitative estimate of drug-likeness (QED) is 0.500. The lowest BCUT2D eigenvalue weighted by molar-refractivity contribution is -0.189. The second-order valence-corrected chi connectivity index (χ2v) is 4.73. The van der Waals surface area contributed by atoms with Crippen molar-refractivity contribution >= 4 is 5.97 Å². The Morgan fingerprint density at radius 1 is 1.38 bits per heavy atom. The number of hydrogen-bond acceptors (Lipinski definition) is 4. The fourth-order valence-corrected chi connectivity index (χ4v) is 2.20. The van der Waals surface area contributed by atoms with Crippen molar-refractivity contribution in [2.75, 3.05) is 13.1 Å². The highest BCUT2D eigenvalue weighted by Gasteiger charge is 2.42. The first-order chi connectivity index (χ1) is 9.79. The Kier molecular flexibility index (Phi) is 4.36. The number of nitrogens with one attached hydrogen (secondary N) is 1. The third-order valence-electron chi connectivity index (χ3n) is 3.25. The standard InChI is InChI=1S/C13H13F4NO3/c14-9-6-18-4-3-8(9)7-1-2-10(19)11(5-7)21-12(20)13(15,16)17/h1-2,5,8-9,18-19H,3-4,6H2/t8-,9+/m1/s1. The topological polar surface area (TPSA) is 58.6 Å². The van der Waals surface area contributed by atoms with Gasteiger partial charge in [-0.15, -0.1) is 0 Å². The maximum Gasteiger partial charge on any atom is 0.491 e. The molecule has 4 nitrogen and oxygen atoms in total. The number of rotatable bonds is 2. The highest BCUT2D eigenvalue weighted by molar-refractivity contribution is 5.78. The van der Waals surface area contributed by atoms with Crippen LogP contribution in [0.5, 0.6) is 11.5 Å². The van der Waals surface area contributed by atoms with E-state index in [1.807, 2.05) is 0 Å². The number of halogens is 4. The Labute approximate surface area is 117 Å². The summed E-state index contributed by atoms with van der Waals surface area (Å²) in [6.07, 6.45) is -5.91. The van der Waals surface area contributed by atoms with Gasteiger partial charge in [0.15, 0.2) is 11.5 Å². The highest BCUT2D eigenvalue weighted by atomic mass is 19.4. The van der Waals surface area contributed by atoms with E-state index in [0.29, 0.717) is 18.5 Å². The van der Waals surface area contributed by atoms with E-state index >= 15 is 0 Å². The monoisotopic (exact) mass is 307 g/mol. The van der Waals surface area contributed by atoms with Crippen LogP contribution in [0.15, 0.2) is 18.2 Å². The predicted octanol–water partition coefficient (Wildman–Crippen LogP) is 2.27. The minimum atomic E-state index is -5.17. The third kappa shape index (κ3) is 3.63. The zero-order valence-corrected chi connectivity index (χ0v) is 10.8. The number of esters is 1. The predicted molar refractivity (Wildman–Crippen MR) is 64.9 cm³/mol. The number of alkyl halides is 4. The van der Waals surface area contributed by atoms with E-state index in [2.05, 4.69) is 10.1 Å². The number of piperidine rings is 1. The summed E-state index contributed by atoms with van der Waals surface area (Å²) in [5.41, 5.74) is 0.381. The Morgan fingerprint density at radius 3 is 2.71 bits per heavy atom. The van der Waals surface area contributed by atoms with E-state index in [4.69, 9.17) is 0 Å². The van der Waals surface area contributed by atoms with E-state index < -0.39 is 35.7 Å². The molecule has 1 aliphatic heterocycles. The summed E-state index contributed by atoms with van der Waals surface area (Å²) in [6, 6.07) is 3.56. The number of aromatic hydroxyl groups is 1. The maximum atomic E-state index is 13.8. The number of phenols is 1. The van der Waals surface area contributed by atoms with Gasteiger partial charge in [-0.25, -0.2) is 9.18 Å². The number of carbonyl (C=O) groups excluding carboxylic acids is 1. The molecule has 1 saturated heterocycles. The van der Waals surface area contributed by atoms with Crippen LogP contribution >= 0.6 is 0 Å². The Hall–Kier alpha value is -1.83. The molecule has 0 unspecified atom stereocenters. The Bertz CT molecular complexity index is 533. The van der Waals surface area contributed by atoms with Crippen LogP contribution in [-0.2, 0) is 4.79 Å². The highest BCUT2D eigenvalue weighted by Crippen LogP contribution is 2.35. The lowest BCUT2D eigenvalue weighted by Crippen LogP contribution is -2.36. The van der Waals surface area contributed by atoms with Gasteiger partial charge in [-0.1, -0.05) is 6.07 Å². The van der Waals surface area contributed by atoms with Crippen molar-refractivity contribution in [3.05, 3.63) is 23.8 Å². The van der Waals surface area contributed by atoms with Crippen LogP contribution in [0.2, 0.25) is 0 Å². The van der Waals surface area contributed by atoms with Gasteiger partial charge in [0.05, 0.1) is 0 Å². The van der Waals surface area contributed by atoms with Crippen LogP contribution in [0.1, 0.15) is 17.9 Å². The first kappa shape index (κ1) is 15.6. The van der Waals surface area contributed by atoms with Gasteiger partial charge in [-0.05, 0) is 30.7 Å². The number of benzene rings is 1. The van der Waals surface area contributed by atoms with E-state index in [1.54, 1.807) is 0 Å². The summed E-state index contributed by atoms with van der Waals surface area (Å²) in [7, 11) is 0. The molecule has 2 atom stereocenters. The van der Waals surface area contributed by atoms with Crippen molar-refractivity contribution in [3.63, 3.8) is 0 Å². The average Bonchev–Trinajstić information content (AvgIpc) is 2.41. The number of carbonyl (C=O) groups is 1. The fraction of sp³-hybridized carbons (Fsp3) is 0.462. The van der Waals surface area contributed by atoms with Gasteiger partial charge in [0.25, 0.3) is 0 Å². The van der Waals surface area contributed by atoms with Gasteiger partial charge in [-0.3, -0.25) is 0 Å². The Balaban J connectivity index is 2.23. The molecule has 0 aliphatic carbocycles. The number of hydrogen-bond donors (Lipinski definition) is 2. The molecule has 0 amide bonds. The van der Waals surface area contributed by atoms with Crippen LogP contribution in [-0.4, -0.2) is 36.5 Å². The van der Waals surface area contributed by atoms with E-state index in [9.17, 15) is 27.5 Å². The molecular weight excluding hydrogens is 294 g/mol. The van der Waals surface area contributed by atoms with Crippen LogP contribution in [0, 0.1) is 0 Å². The third-order valence-corrected chi connectivity index (χ3v) is 3.25. The minimum absolute atomic E-state index is 0.142. The molecule has 1 fully saturated rings. The minimum Gasteiger partial charge on any atom is -0.504 e.